The minimum atomic E-state index is -4.12. The number of hydrogen-bond acceptors (Lipinski definition) is 10. The smallest absolute Gasteiger partial charge is 0.293 e. The van der Waals surface area contributed by atoms with Gasteiger partial charge in [0.15, 0.2) is 0 Å². The SMILES string of the molecule is CC(C)CN(CC(C)C)S(=O)(=O)c1cc([N+](=O)[O-])ccc1N/N=C\c1ccc(N2CCOCC2)c([N+](=O)[O-])c1. The molecule has 1 fully saturated rings. The highest BCUT2D eigenvalue weighted by Gasteiger charge is 2.30. The molecule has 2 aromatic carbocycles. The molecule has 0 aromatic heterocycles. The fourth-order valence-electron chi connectivity index (χ4n) is 4.17. The number of nitro groups is 2. The van der Waals surface area contributed by atoms with E-state index in [1.54, 1.807) is 12.1 Å². The van der Waals surface area contributed by atoms with Crippen LogP contribution >= 0.6 is 0 Å². The molecule has 0 aliphatic carbocycles. The van der Waals surface area contributed by atoms with Crippen LogP contribution in [0, 0.1) is 32.1 Å². The van der Waals surface area contributed by atoms with Gasteiger partial charge in [-0.1, -0.05) is 33.8 Å². The first kappa shape index (κ1) is 29.9. The van der Waals surface area contributed by atoms with Crippen molar-refractivity contribution in [3.8, 4) is 0 Å². The molecule has 2 aromatic rings. The van der Waals surface area contributed by atoms with Crippen molar-refractivity contribution in [2.45, 2.75) is 32.6 Å². The van der Waals surface area contributed by atoms with Crippen LogP contribution in [0.25, 0.3) is 0 Å². The van der Waals surface area contributed by atoms with Gasteiger partial charge in [0.25, 0.3) is 11.4 Å². The summed E-state index contributed by atoms with van der Waals surface area (Å²) in [5.74, 6) is 0.0609. The summed E-state index contributed by atoms with van der Waals surface area (Å²) in [6.07, 6.45) is 1.33. The van der Waals surface area contributed by atoms with E-state index in [9.17, 15) is 28.6 Å². The minimum Gasteiger partial charge on any atom is -0.378 e. The van der Waals surface area contributed by atoms with Gasteiger partial charge < -0.3 is 9.64 Å². The number of rotatable bonds is 12. The molecule has 212 valence electrons. The molecule has 3 rings (SSSR count). The van der Waals surface area contributed by atoms with Gasteiger partial charge in [0.05, 0.1) is 35.0 Å². The lowest BCUT2D eigenvalue weighted by Crippen LogP contribution is -2.37. The van der Waals surface area contributed by atoms with Crippen LogP contribution in [0.4, 0.5) is 22.7 Å². The van der Waals surface area contributed by atoms with Crippen molar-refractivity contribution < 1.29 is 23.0 Å². The summed E-state index contributed by atoms with van der Waals surface area (Å²) in [6.45, 7) is 10.1. The highest BCUT2D eigenvalue weighted by atomic mass is 32.2. The van der Waals surface area contributed by atoms with Crippen LogP contribution in [-0.2, 0) is 14.8 Å². The minimum absolute atomic E-state index is 0.0304. The zero-order valence-electron chi connectivity index (χ0n) is 22.4. The predicted octanol–water partition coefficient (Wildman–Crippen LogP) is 4.09. The summed E-state index contributed by atoms with van der Waals surface area (Å²) in [5, 5.41) is 27.3. The average molecular weight is 563 g/mol. The largest absolute Gasteiger partial charge is 0.378 e. The quantitative estimate of drug-likeness (QED) is 0.228. The molecule has 13 nitrogen and oxygen atoms in total. The molecule has 14 heteroatoms. The number of nitrogens with one attached hydrogen (secondary N) is 1. The lowest BCUT2D eigenvalue weighted by atomic mass is 10.1. The van der Waals surface area contributed by atoms with E-state index >= 15 is 0 Å². The highest BCUT2D eigenvalue weighted by Crippen LogP contribution is 2.31. The molecule has 1 aliphatic heterocycles. The van der Waals surface area contributed by atoms with Gasteiger partial charge in [-0.3, -0.25) is 25.7 Å². The molecule has 0 amide bonds. The van der Waals surface area contributed by atoms with E-state index in [1.807, 2.05) is 32.6 Å². The molecule has 0 radical (unpaired) electrons. The number of sulfonamides is 1. The first-order valence-corrected chi connectivity index (χ1v) is 14.0. The molecule has 1 aliphatic rings. The predicted molar refractivity (Wildman–Crippen MR) is 149 cm³/mol. The number of hydrazone groups is 1. The Labute approximate surface area is 227 Å². The zero-order valence-corrected chi connectivity index (χ0v) is 23.3. The maximum absolute atomic E-state index is 13.7. The topological polar surface area (TPSA) is 161 Å². The second-order valence-corrected chi connectivity index (χ2v) is 11.9. The zero-order chi connectivity index (χ0) is 28.7. The van der Waals surface area contributed by atoms with Crippen LogP contribution in [0.15, 0.2) is 46.4 Å². The summed E-state index contributed by atoms with van der Waals surface area (Å²) in [4.78, 5) is 23.6. The third-order valence-electron chi connectivity index (χ3n) is 5.88. The number of nitrogens with zero attached hydrogens (tertiary/aromatic N) is 5. The lowest BCUT2D eigenvalue weighted by Gasteiger charge is -2.28. The Kier molecular flexibility index (Phi) is 9.94. The summed E-state index contributed by atoms with van der Waals surface area (Å²) >= 11 is 0. The third-order valence-corrected chi connectivity index (χ3v) is 7.75. The Balaban J connectivity index is 1.94. The van der Waals surface area contributed by atoms with Crippen LogP contribution in [0.1, 0.15) is 33.3 Å². The molecule has 1 saturated heterocycles. The Bertz CT molecular complexity index is 1310. The molecular weight excluding hydrogens is 528 g/mol. The van der Waals surface area contributed by atoms with Crippen LogP contribution in [0.2, 0.25) is 0 Å². The maximum Gasteiger partial charge on any atom is 0.293 e. The van der Waals surface area contributed by atoms with Gasteiger partial charge in [0.1, 0.15) is 10.6 Å². The number of hydrogen-bond donors (Lipinski definition) is 1. The van der Waals surface area contributed by atoms with Crippen LogP contribution in [0.3, 0.4) is 0 Å². The van der Waals surface area contributed by atoms with E-state index in [4.69, 9.17) is 4.74 Å². The van der Waals surface area contributed by atoms with E-state index in [-0.39, 0.29) is 46.9 Å². The van der Waals surface area contributed by atoms with E-state index in [2.05, 4.69) is 10.5 Å². The van der Waals surface area contributed by atoms with Crippen molar-refractivity contribution in [1.82, 2.24) is 4.31 Å². The normalized spacial score (nSPS) is 14.5. The fraction of sp³-hybridized carbons (Fsp3) is 0.480. The second kappa shape index (κ2) is 13.0. The van der Waals surface area contributed by atoms with E-state index in [0.717, 1.165) is 6.07 Å². The summed E-state index contributed by atoms with van der Waals surface area (Å²) < 4.78 is 34.0. The molecule has 1 heterocycles. The van der Waals surface area contributed by atoms with Crippen LogP contribution in [0.5, 0.6) is 0 Å². The van der Waals surface area contributed by atoms with E-state index in [1.165, 1.54) is 28.7 Å². The van der Waals surface area contributed by atoms with Crippen molar-refractivity contribution in [3.63, 3.8) is 0 Å². The number of nitro benzene ring substituents is 2. The number of morpholine rings is 1. The monoisotopic (exact) mass is 562 g/mol. The summed E-state index contributed by atoms with van der Waals surface area (Å²) in [5.41, 5.74) is 3.16. The molecule has 0 spiro atoms. The summed E-state index contributed by atoms with van der Waals surface area (Å²) in [6, 6.07) is 8.19. The van der Waals surface area contributed by atoms with Gasteiger partial charge in [-0.25, -0.2) is 8.42 Å². The van der Waals surface area contributed by atoms with Gasteiger partial charge in [0.2, 0.25) is 10.0 Å². The van der Waals surface area contributed by atoms with Gasteiger partial charge in [0, 0.05) is 49.9 Å². The first-order valence-electron chi connectivity index (χ1n) is 12.6. The Morgan fingerprint density at radius 3 is 2.23 bits per heavy atom. The lowest BCUT2D eigenvalue weighted by molar-refractivity contribution is -0.385. The van der Waals surface area contributed by atoms with Crippen molar-refractivity contribution in [1.29, 1.82) is 0 Å². The molecule has 0 saturated carbocycles. The standard InChI is InChI=1S/C25H34N6O7S/c1-18(2)16-29(17-19(3)4)39(36,37)25-14-21(30(32)33)6-7-22(25)27-26-15-20-5-8-23(24(13-20)31(34)35)28-9-11-38-12-10-28/h5-8,13-15,18-19,27H,9-12,16-17H2,1-4H3/b26-15-. The molecule has 1 N–H and O–H groups in total. The molecule has 0 bridgehead atoms. The van der Waals surface area contributed by atoms with Crippen LogP contribution in [-0.4, -0.2) is 68.2 Å². The maximum atomic E-state index is 13.7. The Hall–Kier alpha value is -3.62. The van der Waals surface area contributed by atoms with Crippen molar-refractivity contribution >= 4 is 39.0 Å². The van der Waals surface area contributed by atoms with Gasteiger partial charge in [-0.2, -0.15) is 9.41 Å². The number of non-ortho nitro benzene ring substituents is 1. The van der Waals surface area contributed by atoms with Crippen molar-refractivity contribution in [2.75, 3.05) is 49.7 Å². The van der Waals surface area contributed by atoms with Gasteiger partial charge in [-0.15, -0.1) is 0 Å². The Morgan fingerprint density at radius 1 is 1.03 bits per heavy atom. The van der Waals surface area contributed by atoms with E-state index in [0.29, 0.717) is 37.6 Å². The highest BCUT2D eigenvalue weighted by molar-refractivity contribution is 7.89. The fourth-order valence-corrected chi connectivity index (χ4v) is 6.10. The van der Waals surface area contributed by atoms with Gasteiger partial charge in [-0.05, 0) is 24.0 Å². The molecule has 0 unspecified atom stereocenters. The van der Waals surface area contributed by atoms with Crippen LogP contribution < -0.4 is 10.3 Å². The van der Waals surface area contributed by atoms with Crippen molar-refractivity contribution in [3.05, 3.63) is 62.2 Å². The molecular formula is C25H34N6O7S. The third kappa shape index (κ3) is 7.71. The number of ether oxygens (including phenoxy) is 1. The van der Waals surface area contributed by atoms with Gasteiger partial charge >= 0.3 is 0 Å². The van der Waals surface area contributed by atoms with E-state index < -0.39 is 19.9 Å². The van der Waals surface area contributed by atoms with Crippen molar-refractivity contribution in [2.24, 2.45) is 16.9 Å². The Morgan fingerprint density at radius 2 is 1.67 bits per heavy atom. The second-order valence-electron chi connectivity index (χ2n) is 10.0. The molecule has 0 atom stereocenters. The molecule has 39 heavy (non-hydrogen) atoms. The number of anilines is 2. The number of benzene rings is 2. The average Bonchev–Trinajstić information content (AvgIpc) is 2.88. The first-order chi connectivity index (χ1) is 18.4. The summed E-state index contributed by atoms with van der Waals surface area (Å²) in [7, 11) is -4.12.